The van der Waals surface area contributed by atoms with Crippen LogP contribution in [0.2, 0.25) is 0 Å². The molecule has 1 heterocycles. The molecule has 1 aromatic carbocycles. The van der Waals surface area contributed by atoms with Gasteiger partial charge in [-0.1, -0.05) is 18.2 Å². The molecule has 0 saturated carbocycles. The molecule has 1 saturated heterocycles. The number of halogens is 3. The maximum Gasteiger partial charge on any atom is 0.416 e. The van der Waals surface area contributed by atoms with Crippen molar-refractivity contribution >= 4 is 0 Å². The summed E-state index contributed by atoms with van der Waals surface area (Å²) in [4.78, 5) is 4.19. The molecule has 0 radical (unpaired) electrons. The van der Waals surface area contributed by atoms with Gasteiger partial charge in [0.25, 0.3) is 0 Å². The lowest BCUT2D eigenvalue weighted by molar-refractivity contribution is -0.137. The van der Waals surface area contributed by atoms with E-state index in [2.05, 4.69) is 9.80 Å². The minimum Gasteiger partial charge on any atom is -0.391 e. The van der Waals surface area contributed by atoms with Crippen molar-refractivity contribution in [3.63, 3.8) is 0 Å². The summed E-state index contributed by atoms with van der Waals surface area (Å²) in [5.41, 5.74) is -0.153. The molecule has 1 aliphatic heterocycles. The van der Waals surface area contributed by atoms with Gasteiger partial charge in [-0.25, -0.2) is 0 Å². The summed E-state index contributed by atoms with van der Waals surface area (Å²) in [6, 6.07) is 5.14. The van der Waals surface area contributed by atoms with Gasteiger partial charge >= 0.3 is 6.18 Å². The largest absolute Gasteiger partial charge is 0.416 e. The zero-order valence-electron chi connectivity index (χ0n) is 12.3. The van der Waals surface area contributed by atoms with Gasteiger partial charge in [0, 0.05) is 25.7 Å². The van der Waals surface area contributed by atoms with Crippen LogP contribution in [0, 0.1) is 0 Å². The van der Waals surface area contributed by atoms with E-state index < -0.39 is 17.8 Å². The van der Waals surface area contributed by atoms with Crippen molar-refractivity contribution in [2.45, 2.75) is 24.7 Å². The molecule has 1 aliphatic rings. The van der Waals surface area contributed by atoms with E-state index in [0.717, 1.165) is 31.8 Å². The molecule has 3 nitrogen and oxygen atoms in total. The molecule has 118 valence electrons. The zero-order chi connectivity index (χ0) is 15.6. The van der Waals surface area contributed by atoms with E-state index in [1.165, 1.54) is 6.07 Å². The molecule has 1 aromatic rings. The van der Waals surface area contributed by atoms with E-state index in [0.29, 0.717) is 5.56 Å². The number of hydrogen-bond donors (Lipinski definition) is 1. The maximum atomic E-state index is 12.7. The highest BCUT2D eigenvalue weighted by atomic mass is 19.4. The molecule has 0 spiro atoms. The number of rotatable bonds is 3. The van der Waals surface area contributed by atoms with Gasteiger partial charge in [0.2, 0.25) is 0 Å². The molecule has 0 aromatic heterocycles. The van der Waals surface area contributed by atoms with Crippen LogP contribution < -0.4 is 0 Å². The second-order valence-electron chi connectivity index (χ2n) is 5.78. The summed E-state index contributed by atoms with van der Waals surface area (Å²) in [7, 11) is 3.92. The topological polar surface area (TPSA) is 26.7 Å². The first-order valence-corrected chi connectivity index (χ1v) is 7.00. The van der Waals surface area contributed by atoms with E-state index in [9.17, 15) is 18.3 Å². The van der Waals surface area contributed by atoms with Gasteiger partial charge in [-0.2, -0.15) is 13.2 Å². The van der Waals surface area contributed by atoms with Crippen molar-refractivity contribution in [1.29, 1.82) is 0 Å². The third kappa shape index (κ3) is 4.18. The van der Waals surface area contributed by atoms with Gasteiger partial charge in [-0.05, 0) is 32.1 Å². The minimum absolute atomic E-state index is 0.0571. The van der Waals surface area contributed by atoms with Gasteiger partial charge < -0.3 is 10.0 Å². The number of aliphatic hydroxyl groups excluding tert-OH is 1. The first-order valence-electron chi connectivity index (χ1n) is 7.00. The van der Waals surface area contributed by atoms with E-state index >= 15 is 0 Å². The number of nitrogens with zero attached hydrogens (tertiary/aromatic N) is 2. The van der Waals surface area contributed by atoms with Gasteiger partial charge in [-0.15, -0.1) is 0 Å². The van der Waals surface area contributed by atoms with Gasteiger partial charge in [-0.3, -0.25) is 4.90 Å². The summed E-state index contributed by atoms with van der Waals surface area (Å²) in [6.45, 7) is 2.50. The van der Waals surface area contributed by atoms with E-state index in [4.69, 9.17) is 0 Å². The van der Waals surface area contributed by atoms with E-state index in [-0.39, 0.29) is 12.5 Å². The maximum absolute atomic E-state index is 12.7. The fraction of sp³-hybridized carbons (Fsp3) is 0.600. The highest BCUT2D eigenvalue weighted by molar-refractivity contribution is 5.26. The van der Waals surface area contributed by atoms with Crippen LogP contribution in [0.25, 0.3) is 0 Å². The normalized spacial score (nSPS) is 23.2. The monoisotopic (exact) mass is 302 g/mol. The Morgan fingerprint density at radius 2 is 2.00 bits per heavy atom. The van der Waals surface area contributed by atoms with Crippen LogP contribution in [0.15, 0.2) is 24.3 Å². The lowest BCUT2D eigenvalue weighted by atomic mass is 9.98. The van der Waals surface area contributed by atoms with Crippen molar-refractivity contribution in [3.05, 3.63) is 35.4 Å². The zero-order valence-corrected chi connectivity index (χ0v) is 12.3. The average molecular weight is 302 g/mol. The number of benzene rings is 1. The van der Waals surface area contributed by atoms with Gasteiger partial charge in [0.1, 0.15) is 0 Å². The predicted molar refractivity (Wildman–Crippen MR) is 75.1 cm³/mol. The van der Waals surface area contributed by atoms with Crippen LogP contribution in [0.1, 0.15) is 11.1 Å². The second-order valence-corrected chi connectivity index (χ2v) is 5.78. The van der Waals surface area contributed by atoms with Crippen LogP contribution in [-0.4, -0.2) is 60.8 Å². The third-order valence-electron chi connectivity index (χ3n) is 4.04. The molecule has 2 unspecified atom stereocenters. The molecule has 0 aliphatic carbocycles. The van der Waals surface area contributed by atoms with Crippen LogP contribution in [0.3, 0.4) is 0 Å². The Morgan fingerprint density at radius 3 is 2.67 bits per heavy atom. The molecule has 6 heteroatoms. The standard InChI is InChI=1S/C15H21F3N2O/c1-19-6-7-20(2)13(10-19)14(21)9-11-4-3-5-12(8-11)15(16,17)18/h3-5,8,13-14,21H,6-7,9-10H2,1-2H3. The van der Waals surface area contributed by atoms with Crippen molar-refractivity contribution in [2.75, 3.05) is 33.7 Å². The summed E-state index contributed by atoms with van der Waals surface area (Å²) < 4.78 is 38.1. The van der Waals surface area contributed by atoms with Crippen molar-refractivity contribution in [3.8, 4) is 0 Å². The van der Waals surface area contributed by atoms with Gasteiger partial charge in [0.15, 0.2) is 0 Å². The van der Waals surface area contributed by atoms with Crippen molar-refractivity contribution in [1.82, 2.24) is 9.80 Å². The Morgan fingerprint density at radius 1 is 1.29 bits per heavy atom. The van der Waals surface area contributed by atoms with Crippen LogP contribution >= 0.6 is 0 Å². The van der Waals surface area contributed by atoms with Crippen LogP contribution in [-0.2, 0) is 12.6 Å². The number of likely N-dealkylation sites (N-methyl/N-ethyl adjacent to an activating group) is 2. The lowest BCUT2D eigenvalue weighted by Gasteiger charge is -2.40. The minimum atomic E-state index is -4.34. The molecule has 1 N–H and O–H groups in total. The Balaban J connectivity index is 2.07. The molecule has 2 atom stereocenters. The Labute approximate surface area is 123 Å². The van der Waals surface area contributed by atoms with E-state index in [1.54, 1.807) is 6.07 Å². The quantitative estimate of drug-likeness (QED) is 0.923. The molecule has 0 amide bonds. The Bertz CT molecular complexity index is 478. The molecule has 1 fully saturated rings. The lowest BCUT2D eigenvalue weighted by Crippen LogP contribution is -2.55. The number of piperazine rings is 1. The smallest absolute Gasteiger partial charge is 0.391 e. The molecule has 2 rings (SSSR count). The first kappa shape index (κ1) is 16.3. The summed E-state index contributed by atoms with van der Waals surface area (Å²) in [6.07, 6.45) is -4.79. The highest BCUT2D eigenvalue weighted by Crippen LogP contribution is 2.30. The van der Waals surface area contributed by atoms with Crippen molar-refractivity contribution in [2.24, 2.45) is 0 Å². The molecule has 21 heavy (non-hydrogen) atoms. The molecular weight excluding hydrogens is 281 g/mol. The number of hydrogen-bond acceptors (Lipinski definition) is 3. The molecular formula is C15H21F3N2O. The van der Waals surface area contributed by atoms with Gasteiger partial charge in [0.05, 0.1) is 11.7 Å². The predicted octanol–water partition coefficient (Wildman–Crippen LogP) is 1.85. The first-order chi connectivity index (χ1) is 9.77. The van der Waals surface area contributed by atoms with Crippen molar-refractivity contribution < 1.29 is 18.3 Å². The fourth-order valence-corrected chi connectivity index (χ4v) is 2.71. The summed E-state index contributed by atoms with van der Waals surface area (Å²) >= 11 is 0. The average Bonchev–Trinajstić information content (AvgIpc) is 2.41. The highest BCUT2D eigenvalue weighted by Gasteiger charge is 2.32. The number of aliphatic hydroxyl groups is 1. The van der Waals surface area contributed by atoms with E-state index in [1.807, 2.05) is 14.1 Å². The third-order valence-corrected chi connectivity index (χ3v) is 4.04. The van der Waals surface area contributed by atoms with Crippen LogP contribution in [0.5, 0.6) is 0 Å². The summed E-state index contributed by atoms with van der Waals surface area (Å²) in [5.74, 6) is 0. The number of alkyl halides is 3. The second kappa shape index (κ2) is 6.34. The Hall–Kier alpha value is -1.11. The summed E-state index contributed by atoms with van der Waals surface area (Å²) in [5, 5.41) is 10.4. The Kier molecular flexibility index (Phi) is 4.91. The SMILES string of the molecule is CN1CCN(C)C(C(O)Cc2cccc(C(F)(F)F)c2)C1. The fourth-order valence-electron chi connectivity index (χ4n) is 2.71. The molecule has 0 bridgehead atoms. The van der Waals surface area contributed by atoms with Crippen LogP contribution in [0.4, 0.5) is 13.2 Å².